The van der Waals surface area contributed by atoms with Crippen molar-refractivity contribution in [2.75, 3.05) is 13.2 Å². The molecule has 1 heterocycles. The average molecular weight is 292 g/mol. The molecule has 0 bridgehead atoms. The van der Waals surface area contributed by atoms with E-state index in [0.29, 0.717) is 30.3 Å². The van der Waals surface area contributed by atoms with E-state index in [1.165, 1.54) is 12.1 Å². The Balaban J connectivity index is 1.80. The smallest absolute Gasteiger partial charge is 0.161 e. The zero-order valence-corrected chi connectivity index (χ0v) is 11.2. The molecule has 0 aliphatic carbocycles. The monoisotopic (exact) mass is 292 g/mol. The van der Waals surface area contributed by atoms with Crippen LogP contribution in [0.1, 0.15) is 17.2 Å². The Bertz CT molecular complexity index is 658. The molecule has 1 unspecified atom stereocenters. The van der Waals surface area contributed by atoms with Crippen molar-refractivity contribution in [1.29, 1.82) is 0 Å². The number of hydrogen-bond donors (Lipinski definition) is 1. The molecule has 0 amide bonds. The van der Waals surface area contributed by atoms with Gasteiger partial charge in [-0.25, -0.2) is 8.78 Å². The molecule has 0 aromatic heterocycles. The van der Waals surface area contributed by atoms with Gasteiger partial charge in [-0.05, 0) is 29.3 Å². The predicted molar refractivity (Wildman–Crippen MR) is 72.5 cm³/mol. The number of hydrogen-bond acceptors (Lipinski definition) is 3. The van der Waals surface area contributed by atoms with E-state index in [2.05, 4.69) is 0 Å². The number of benzene rings is 2. The van der Waals surface area contributed by atoms with Gasteiger partial charge in [-0.2, -0.15) is 0 Å². The summed E-state index contributed by atoms with van der Waals surface area (Å²) in [6.45, 7) is 0.953. The minimum atomic E-state index is -0.902. The first-order chi connectivity index (χ1) is 10.1. The Morgan fingerprint density at radius 3 is 2.52 bits per heavy atom. The maximum absolute atomic E-state index is 13.6. The number of fused-ring (bicyclic) bond motifs is 1. The van der Waals surface area contributed by atoms with Crippen molar-refractivity contribution in [1.82, 2.24) is 0 Å². The van der Waals surface area contributed by atoms with E-state index in [9.17, 15) is 13.9 Å². The van der Waals surface area contributed by atoms with Crippen LogP contribution in [0, 0.1) is 11.6 Å². The SMILES string of the molecule is OC(Cc1ccc(F)cc1F)c1ccc2c(c1)OCCO2. The molecule has 1 aliphatic rings. The summed E-state index contributed by atoms with van der Waals surface area (Å²) in [6, 6.07) is 8.43. The summed E-state index contributed by atoms with van der Waals surface area (Å²) in [5.41, 5.74) is 0.863. The van der Waals surface area contributed by atoms with Crippen LogP contribution in [-0.4, -0.2) is 18.3 Å². The van der Waals surface area contributed by atoms with Gasteiger partial charge in [0.1, 0.15) is 24.8 Å². The molecule has 0 spiro atoms. The molecule has 0 fully saturated rings. The van der Waals surface area contributed by atoms with Crippen molar-refractivity contribution in [2.24, 2.45) is 0 Å². The summed E-state index contributed by atoms with van der Waals surface area (Å²) >= 11 is 0. The van der Waals surface area contributed by atoms with Crippen molar-refractivity contribution < 1.29 is 23.4 Å². The van der Waals surface area contributed by atoms with Crippen LogP contribution in [0.5, 0.6) is 11.5 Å². The van der Waals surface area contributed by atoms with E-state index >= 15 is 0 Å². The minimum absolute atomic E-state index is 0.0613. The number of aliphatic hydroxyl groups excluding tert-OH is 1. The molecule has 1 atom stereocenters. The number of rotatable bonds is 3. The summed E-state index contributed by atoms with van der Waals surface area (Å²) in [6.07, 6.45) is -0.841. The molecular weight excluding hydrogens is 278 g/mol. The van der Waals surface area contributed by atoms with Gasteiger partial charge in [-0.15, -0.1) is 0 Å². The molecule has 0 saturated heterocycles. The minimum Gasteiger partial charge on any atom is -0.486 e. The Hall–Kier alpha value is -2.14. The van der Waals surface area contributed by atoms with Gasteiger partial charge < -0.3 is 14.6 Å². The molecular formula is C16H14F2O3. The van der Waals surface area contributed by atoms with Crippen LogP contribution in [-0.2, 0) is 6.42 Å². The molecule has 1 N–H and O–H groups in total. The van der Waals surface area contributed by atoms with Crippen LogP contribution < -0.4 is 9.47 Å². The maximum Gasteiger partial charge on any atom is 0.161 e. The first-order valence-corrected chi connectivity index (χ1v) is 6.65. The average Bonchev–Trinajstić information content (AvgIpc) is 2.49. The predicted octanol–water partition coefficient (Wildman–Crippen LogP) is 3.01. The number of aliphatic hydroxyl groups is 1. The summed E-state index contributed by atoms with van der Waals surface area (Å²) in [5, 5.41) is 10.2. The molecule has 2 aromatic carbocycles. The zero-order chi connectivity index (χ0) is 14.8. The van der Waals surface area contributed by atoms with Crippen molar-refractivity contribution in [3.05, 3.63) is 59.2 Å². The summed E-state index contributed by atoms with van der Waals surface area (Å²) < 4.78 is 37.3. The highest BCUT2D eigenvalue weighted by molar-refractivity contribution is 5.44. The van der Waals surface area contributed by atoms with Crippen LogP contribution in [0.2, 0.25) is 0 Å². The second kappa shape index (κ2) is 5.69. The summed E-state index contributed by atoms with van der Waals surface area (Å²) in [7, 11) is 0. The molecule has 110 valence electrons. The third-order valence-electron chi connectivity index (χ3n) is 3.38. The molecule has 3 nitrogen and oxygen atoms in total. The maximum atomic E-state index is 13.6. The topological polar surface area (TPSA) is 38.7 Å². The molecule has 21 heavy (non-hydrogen) atoms. The largest absolute Gasteiger partial charge is 0.486 e. The van der Waals surface area contributed by atoms with Crippen LogP contribution in [0.25, 0.3) is 0 Å². The van der Waals surface area contributed by atoms with Gasteiger partial charge >= 0.3 is 0 Å². The van der Waals surface area contributed by atoms with Gasteiger partial charge in [-0.3, -0.25) is 0 Å². The Morgan fingerprint density at radius 1 is 1.00 bits per heavy atom. The number of halogens is 2. The van der Waals surface area contributed by atoms with Crippen LogP contribution in [0.15, 0.2) is 36.4 Å². The van der Waals surface area contributed by atoms with Crippen LogP contribution >= 0.6 is 0 Å². The molecule has 0 radical (unpaired) electrons. The fourth-order valence-corrected chi connectivity index (χ4v) is 2.28. The lowest BCUT2D eigenvalue weighted by atomic mass is 10.0. The van der Waals surface area contributed by atoms with Crippen molar-refractivity contribution in [3.8, 4) is 11.5 Å². The van der Waals surface area contributed by atoms with E-state index in [-0.39, 0.29) is 12.0 Å². The highest BCUT2D eigenvalue weighted by atomic mass is 19.1. The Labute approximate surface area is 120 Å². The quantitative estimate of drug-likeness (QED) is 0.945. The van der Waals surface area contributed by atoms with E-state index in [1.54, 1.807) is 18.2 Å². The Morgan fingerprint density at radius 2 is 1.76 bits per heavy atom. The first kappa shape index (κ1) is 13.8. The molecule has 5 heteroatoms. The second-order valence-electron chi connectivity index (χ2n) is 4.86. The van der Waals surface area contributed by atoms with Gasteiger partial charge in [0, 0.05) is 12.5 Å². The fourth-order valence-electron chi connectivity index (χ4n) is 2.28. The van der Waals surface area contributed by atoms with E-state index in [4.69, 9.17) is 9.47 Å². The van der Waals surface area contributed by atoms with Crippen molar-refractivity contribution in [3.63, 3.8) is 0 Å². The van der Waals surface area contributed by atoms with Gasteiger partial charge in [0.25, 0.3) is 0 Å². The van der Waals surface area contributed by atoms with E-state index in [0.717, 1.165) is 6.07 Å². The third kappa shape index (κ3) is 2.97. The van der Waals surface area contributed by atoms with Gasteiger partial charge in [-0.1, -0.05) is 12.1 Å². The van der Waals surface area contributed by atoms with Crippen molar-refractivity contribution in [2.45, 2.75) is 12.5 Å². The highest BCUT2D eigenvalue weighted by Gasteiger charge is 2.17. The third-order valence-corrected chi connectivity index (χ3v) is 3.38. The molecule has 3 rings (SSSR count). The van der Waals surface area contributed by atoms with Crippen molar-refractivity contribution >= 4 is 0 Å². The Kier molecular flexibility index (Phi) is 3.75. The highest BCUT2D eigenvalue weighted by Crippen LogP contribution is 2.33. The lowest BCUT2D eigenvalue weighted by molar-refractivity contribution is 0.164. The normalized spacial score (nSPS) is 14.8. The van der Waals surface area contributed by atoms with Gasteiger partial charge in [0.05, 0.1) is 6.10 Å². The summed E-state index contributed by atoms with van der Waals surface area (Å²) in [5.74, 6) is -0.0980. The van der Waals surface area contributed by atoms with E-state index in [1.807, 2.05) is 0 Å². The lowest BCUT2D eigenvalue weighted by Crippen LogP contribution is -2.15. The first-order valence-electron chi connectivity index (χ1n) is 6.65. The van der Waals surface area contributed by atoms with Gasteiger partial charge in [0.2, 0.25) is 0 Å². The summed E-state index contributed by atoms with van der Waals surface area (Å²) in [4.78, 5) is 0. The standard InChI is InChI=1S/C16H14F2O3/c17-12-3-1-10(13(18)9-12)7-14(19)11-2-4-15-16(8-11)21-6-5-20-15/h1-4,8-9,14,19H,5-7H2. The van der Waals surface area contributed by atoms with Crippen LogP contribution in [0.3, 0.4) is 0 Å². The molecule has 2 aromatic rings. The molecule has 1 aliphatic heterocycles. The number of ether oxygens (including phenoxy) is 2. The fraction of sp³-hybridized carbons (Fsp3) is 0.250. The second-order valence-corrected chi connectivity index (χ2v) is 4.86. The zero-order valence-electron chi connectivity index (χ0n) is 11.2. The van der Waals surface area contributed by atoms with E-state index < -0.39 is 17.7 Å². The van der Waals surface area contributed by atoms with Crippen LogP contribution in [0.4, 0.5) is 8.78 Å². The molecule has 0 saturated carbocycles. The van der Waals surface area contributed by atoms with Gasteiger partial charge in [0.15, 0.2) is 11.5 Å². The lowest BCUT2D eigenvalue weighted by Gasteiger charge is -2.20.